The van der Waals surface area contributed by atoms with Gasteiger partial charge in [0.05, 0.1) is 38.1 Å². The van der Waals surface area contributed by atoms with Crippen molar-refractivity contribution in [2.24, 2.45) is 30.7 Å². The lowest BCUT2D eigenvalue weighted by Gasteiger charge is -2.11. The molecule has 0 saturated heterocycles. The van der Waals surface area contributed by atoms with Crippen molar-refractivity contribution >= 4 is 136 Å². The summed E-state index contributed by atoms with van der Waals surface area (Å²) < 4.78 is 174. The van der Waals surface area contributed by atoms with Gasteiger partial charge in [-0.3, -0.25) is 37.5 Å². The van der Waals surface area contributed by atoms with E-state index in [1.165, 1.54) is 38.1 Å². The van der Waals surface area contributed by atoms with E-state index in [0.717, 1.165) is 89.6 Å². The second kappa shape index (κ2) is 21.6. The molecule has 82 heavy (non-hydrogen) atoms. The first-order valence-corrected chi connectivity index (χ1v) is 29.5. The Kier molecular flexibility index (Phi) is 15.5. The van der Waals surface area contributed by atoms with Crippen LogP contribution >= 0.6 is 0 Å². The van der Waals surface area contributed by atoms with Crippen molar-refractivity contribution < 1.29 is 89.8 Å². The minimum atomic E-state index is -5.19. The number of carbonyl (C=O) groups excluding carboxylic acids is 1. The van der Waals surface area contributed by atoms with Gasteiger partial charge in [0, 0.05) is 34.8 Å². The van der Waals surface area contributed by atoms with Gasteiger partial charge in [0.25, 0.3) is 56.1 Å². The monoisotopic (exact) mass is 1220 g/mol. The lowest BCUT2D eigenvalue weighted by Crippen LogP contribution is -2.15. The van der Waals surface area contributed by atoms with Crippen molar-refractivity contribution in [2.75, 3.05) is 5.32 Å². The highest BCUT2D eigenvalue weighted by Crippen LogP contribution is 2.46. The zero-order valence-electron chi connectivity index (χ0n) is 41.0. The van der Waals surface area contributed by atoms with Crippen molar-refractivity contribution in [3.63, 3.8) is 0 Å². The number of fused-ring (bicyclic) bond motifs is 2. The number of carbonyl (C=O) groups is 2. The number of nitrogens with one attached hydrogen (secondary N) is 2. The number of phenolic OH excluding ortho intramolecular Hbond substituents is 2. The van der Waals surface area contributed by atoms with E-state index in [2.05, 4.69) is 41.1 Å². The number of phenols is 2. The summed E-state index contributed by atoms with van der Waals surface area (Å²) >= 11 is 0. The topological polar surface area (TPSA) is 491 Å². The first-order valence-electron chi connectivity index (χ1n) is 22.3. The standard InChI is InChI=1S/C47H35N9O21S5/c1-22-42(52-50-36-14-11-31(79(66,67)68)20-35(36)47(61)62)46(60)56(55-22)29-9-6-25(40(18-29)81(72,73)74)4-3-24-5-7-28(17-39(24)80(69,70)71)49-51-37-21-38(58)43(33-13-10-30(19-34(33)37)78(63,64)65)53-54-44-41(82(75,76)77)16-26-15-27(48-23(2)57)8-12-32(26)45(44)59/h3-21,55,58-59H,1-2H3,(H,48,57)(H,61,62)(H,63,64,65)(H,66,67,68)(H,69,70,71)(H,72,73,74)(H,75,76,77). The molecule has 0 radical (unpaired) electrons. The molecule has 10 N–H and O–H groups in total. The molecule has 8 aromatic rings. The number of aryl methyl sites for hydroxylation is 1. The van der Waals surface area contributed by atoms with Crippen LogP contribution < -0.4 is 10.9 Å². The molecule has 0 aliphatic rings. The Morgan fingerprint density at radius 2 is 1.11 bits per heavy atom. The Bertz CT molecular complexity index is 4880. The Balaban J connectivity index is 1.13. The van der Waals surface area contributed by atoms with Gasteiger partial charge in [0.15, 0.2) is 11.4 Å². The van der Waals surface area contributed by atoms with Gasteiger partial charge in [-0.1, -0.05) is 30.4 Å². The number of amides is 1. The number of nitrogens with zero attached hydrogens (tertiary/aromatic N) is 7. The second-order valence-electron chi connectivity index (χ2n) is 17.1. The first kappa shape index (κ1) is 58.8. The predicted octanol–water partition coefficient (Wildman–Crippen LogP) is 8.50. The fourth-order valence-electron chi connectivity index (χ4n) is 7.87. The average Bonchev–Trinajstić information content (AvgIpc) is 3.85. The van der Waals surface area contributed by atoms with Crippen LogP contribution in [0.1, 0.15) is 34.1 Å². The van der Waals surface area contributed by atoms with Crippen LogP contribution in [0, 0.1) is 6.92 Å². The largest absolute Gasteiger partial charge is 0.506 e. The number of H-pyrrole nitrogens is 1. The number of benzene rings is 7. The van der Waals surface area contributed by atoms with Gasteiger partial charge >= 0.3 is 5.97 Å². The second-order valence-corrected chi connectivity index (χ2v) is 24.1. The molecule has 35 heteroatoms. The number of anilines is 1. The maximum atomic E-state index is 13.5. The summed E-state index contributed by atoms with van der Waals surface area (Å²) in [6.45, 7) is 2.54. The molecule has 0 fully saturated rings. The van der Waals surface area contributed by atoms with E-state index in [1.54, 1.807) is 0 Å². The van der Waals surface area contributed by atoms with Crippen molar-refractivity contribution in [2.45, 2.75) is 38.3 Å². The number of rotatable bonds is 16. The third-order valence-corrected chi connectivity index (χ3v) is 15.9. The summed E-state index contributed by atoms with van der Waals surface area (Å²) in [5, 5.41) is 59.8. The van der Waals surface area contributed by atoms with Crippen LogP contribution in [0.5, 0.6) is 11.5 Å². The number of azo groups is 3. The highest BCUT2D eigenvalue weighted by atomic mass is 32.2. The number of hydrogen-bond acceptors (Lipinski definition) is 21. The molecule has 30 nitrogen and oxygen atoms in total. The van der Waals surface area contributed by atoms with E-state index in [9.17, 15) is 94.6 Å². The number of aromatic carboxylic acids is 1. The molecule has 0 atom stereocenters. The Morgan fingerprint density at radius 3 is 1.72 bits per heavy atom. The van der Waals surface area contributed by atoms with E-state index in [0.29, 0.717) is 6.07 Å². The van der Waals surface area contributed by atoms with Gasteiger partial charge in [-0.15, -0.1) is 25.6 Å². The first-order chi connectivity index (χ1) is 38.1. The molecule has 7 aromatic carbocycles. The third-order valence-electron chi connectivity index (χ3n) is 11.6. The van der Waals surface area contributed by atoms with Crippen LogP contribution in [0.4, 0.5) is 39.8 Å². The van der Waals surface area contributed by atoms with E-state index in [1.807, 2.05) is 0 Å². The summed E-state index contributed by atoms with van der Waals surface area (Å²) in [6.07, 6.45) is 2.01. The van der Waals surface area contributed by atoms with Crippen LogP contribution in [-0.2, 0) is 55.4 Å². The molecule has 0 aliphatic carbocycles. The fraction of sp³-hybridized carbons (Fsp3) is 0.0426. The summed E-state index contributed by atoms with van der Waals surface area (Å²) in [5.74, 6) is -3.77. The normalized spacial score (nSPS) is 12.9. The lowest BCUT2D eigenvalue weighted by molar-refractivity contribution is -0.114. The lowest BCUT2D eigenvalue weighted by atomic mass is 10.1. The molecule has 0 saturated carbocycles. The molecule has 8 rings (SSSR count). The van der Waals surface area contributed by atoms with E-state index >= 15 is 0 Å². The average molecular weight is 1220 g/mol. The van der Waals surface area contributed by atoms with Gasteiger partial charge < -0.3 is 20.6 Å². The van der Waals surface area contributed by atoms with Crippen molar-refractivity contribution in [3.8, 4) is 17.2 Å². The molecule has 1 aromatic heterocycles. The maximum absolute atomic E-state index is 13.5. The van der Waals surface area contributed by atoms with Crippen molar-refractivity contribution in [1.29, 1.82) is 0 Å². The molecule has 0 bridgehead atoms. The zero-order valence-corrected chi connectivity index (χ0v) is 45.1. The minimum absolute atomic E-state index is 0.00360. The van der Waals surface area contributed by atoms with Crippen molar-refractivity contribution in [3.05, 3.63) is 136 Å². The van der Waals surface area contributed by atoms with E-state index < -0.39 is 138 Å². The van der Waals surface area contributed by atoms with Gasteiger partial charge in [-0.2, -0.15) is 47.2 Å². The Morgan fingerprint density at radius 1 is 0.549 bits per heavy atom. The Labute approximate surface area is 460 Å². The SMILES string of the molecule is CC(=O)Nc1ccc2c(O)c(N=Nc3c(O)cc(N=Nc4ccc(C=Cc5ccc(-n6[nH]c(C)c(N=Nc7ccc(S(=O)(=O)O)cc7C(=O)O)c6=O)cc5S(=O)(=O)O)c(S(=O)(=O)O)c4)c4cc(S(=O)(=O)O)ccc34)c(S(=O)(=O)O)cc2c1. The van der Waals surface area contributed by atoms with Crippen LogP contribution in [-0.4, -0.2) is 102 Å². The fourth-order valence-corrected chi connectivity index (χ4v) is 10.9. The van der Waals surface area contributed by atoms with Crippen LogP contribution in [0.3, 0.4) is 0 Å². The van der Waals surface area contributed by atoms with E-state index in [-0.39, 0.29) is 55.4 Å². The summed E-state index contributed by atoms with van der Waals surface area (Å²) in [4.78, 5) is 32.7. The third kappa shape index (κ3) is 12.5. The smallest absolute Gasteiger partial charge is 0.338 e. The highest BCUT2D eigenvalue weighted by molar-refractivity contribution is 7.87. The molecule has 0 unspecified atom stereocenters. The van der Waals surface area contributed by atoms with Crippen LogP contribution in [0.25, 0.3) is 39.4 Å². The number of aromatic hydroxyl groups is 2. The number of carboxylic acid groups (broad SMARTS) is 1. The van der Waals surface area contributed by atoms with Crippen LogP contribution in [0.2, 0.25) is 0 Å². The molecule has 424 valence electrons. The molecular weight excluding hydrogens is 1190 g/mol. The van der Waals surface area contributed by atoms with Gasteiger partial charge in [-0.25, -0.2) is 9.48 Å². The Hall–Kier alpha value is -9.30. The molecular formula is C47H35N9O21S5. The number of hydrogen-bond donors (Lipinski definition) is 10. The van der Waals surface area contributed by atoms with E-state index in [4.69, 9.17) is 0 Å². The summed E-state index contributed by atoms with van der Waals surface area (Å²) in [7, 11) is -25.3. The van der Waals surface area contributed by atoms with Crippen LogP contribution in [0.15, 0.2) is 163 Å². The molecule has 1 heterocycles. The predicted molar refractivity (Wildman–Crippen MR) is 287 cm³/mol. The summed E-state index contributed by atoms with van der Waals surface area (Å²) in [5.41, 5.74) is -5.33. The van der Waals surface area contributed by atoms with Gasteiger partial charge in [-0.05, 0) is 102 Å². The minimum Gasteiger partial charge on any atom is -0.506 e. The molecule has 0 aliphatic heterocycles. The summed E-state index contributed by atoms with van der Waals surface area (Å²) in [6, 6.07) is 16.9. The number of carboxylic acids is 1. The number of aromatic nitrogens is 2. The highest BCUT2D eigenvalue weighted by Gasteiger charge is 2.25. The van der Waals surface area contributed by atoms with Crippen molar-refractivity contribution in [1.82, 2.24) is 9.78 Å². The molecule has 1 amide bonds. The number of aromatic amines is 1. The molecule has 0 spiro atoms. The maximum Gasteiger partial charge on any atom is 0.338 e. The quantitative estimate of drug-likeness (QED) is 0.0246. The van der Waals surface area contributed by atoms with Gasteiger partial charge in [0.1, 0.15) is 37.5 Å². The van der Waals surface area contributed by atoms with Gasteiger partial charge in [0.2, 0.25) is 5.91 Å². The zero-order chi connectivity index (χ0) is 60.2.